The maximum atomic E-state index is 13.0. The van der Waals surface area contributed by atoms with Crippen LogP contribution in [0.1, 0.15) is 12.5 Å². The number of hydrogen-bond donors (Lipinski definition) is 1. The van der Waals surface area contributed by atoms with Crippen molar-refractivity contribution in [3.05, 3.63) is 22.2 Å². The van der Waals surface area contributed by atoms with E-state index in [0.29, 0.717) is 16.5 Å². The number of nitrogens with two attached hydrogens (primary N) is 1. The molecular weight excluding hydrogens is 334 g/mol. The highest BCUT2D eigenvalue weighted by atomic mass is 79.9. The van der Waals surface area contributed by atoms with Gasteiger partial charge in [-0.2, -0.15) is 17.6 Å². The molecular formula is C11H10BrF4NO2. The van der Waals surface area contributed by atoms with Crippen molar-refractivity contribution in [1.82, 2.24) is 0 Å². The molecule has 0 spiro atoms. The molecule has 0 saturated heterocycles. The average molecular weight is 344 g/mol. The first-order valence-corrected chi connectivity index (χ1v) is 6.13. The molecule has 8 heteroatoms. The Bertz CT molecular complexity index is 508. The molecule has 1 heterocycles. The SMILES string of the molecule is CC(N)Cc1cc2c(cc1Br)OC(F)(F)C(F)(F)O2. The number of fused-ring (bicyclic) bond motifs is 1. The number of hydrogen-bond acceptors (Lipinski definition) is 3. The highest BCUT2D eigenvalue weighted by molar-refractivity contribution is 9.10. The predicted molar refractivity (Wildman–Crippen MR) is 62.6 cm³/mol. The van der Waals surface area contributed by atoms with Crippen LogP contribution < -0.4 is 15.2 Å². The van der Waals surface area contributed by atoms with Gasteiger partial charge in [0.15, 0.2) is 11.5 Å². The van der Waals surface area contributed by atoms with E-state index in [9.17, 15) is 17.6 Å². The third-order valence-corrected chi connectivity index (χ3v) is 3.21. The fourth-order valence-electron chi connectivity index (χ4n) is 1.64. The molecule has 0 fully saturated rings. The van der Waals surface area contributed by atoms with Crippen LogP contribution in [0.15, 0.2) is 16.6 Å². The highest BCUT2D eigenvalue weighted by Gasteiger charge is 2.66. The van der Waals surface area contributed by atoms with Crippen LogP contribution in [0, 0.1) is 0 Å². The molecule has 1 aliphatic rings. The van der Waals surface area contributed by atoms with Crippen molar-refractivity contribution < 1.29 is 27.0 Å². The Morgan fingerprint density at radius 2 is 1.63 bits per heavy atom. The van der Waals surface area contributed by atoms with Gasteiger partial charge in [-0.25, -0.2) is 0 Å². The van der Waals surface area contributed by atoms with Gasteiger partial charge in [0.25, 0.3) is 0 Å². The fourth-order valence-corrected chi connectivity index (χ4v) is 2.12. The third-order valence-electron chi connectivity index (χ3n) is 2.47. The summed E-state index contributed by atoms with van der Waals surface area (Å²) in [4.78, 5) is 0. The first kappa shape index (κ1) is 14.4. The van der Waals surface area contributed by atoms with E-state index in [-0.39, 0.29) is 6.04 Å². The van der Waals surface area contributed by atoms with Gasteiger partial charge in [-0.05, 0) is 31.0 Å². The van der Waals surface area contributed by atoms with Crippen LogP contribution in [0.4, 0.5) is 17.6 Å². The van der Waals surface area contributed by atoms with E-state index in [1.54, 1.807) is 6.92 Å². The van der Waals surface area contributed by atoms with Gasteiger partial charge in [0.1, 0.15) is 0 Å². The molecule has 2 rings (SSSR count). The van der Waals surface area contributed by atoms with E-state index in [1.807, 2.05) is 0 Å². The van der Waals surface area contributed by atoms with Crippen LogP contribution in [-0.4, -0.2) is 18.3 Å². The Labute approximate surface area is 114 Å². The lowest BCUT2D eigenvalue weighted by Crippen LogP contribution is -2.52. The highest BCUT2D eigenvalue weighted by Crippen LogP contribution is 2.48. The summed E-state index contributed by atoms with van der Waals surface area (Å²) in [5.74, 6) is -0.883. The molecule has 1 aromatic carbocycles. The first-order chi connectivity index (χ1) is 8.62. The van der Waals surface area contributed by atoms with Crippen molar-refractivity contribution in [2.45, 2.75) is 31.6 Å². The summed E-state index contributed by atoms with van der Waals surface area (Å²) in [6, 6.07) is 2.16. The Morgan fingerprint density at radius 3 is 2.11 bits per heavy atom. The van der Waals surface area contributed by atoms with E-state index in [4.69, 9.17) is 5.73 Å². The lowest BCUT2D eigenvalue weighted by molar-refractivity contribution is -0.391. The van der Waals surface area contributed by atoms with Gasteiger partial charge >= 0.3 is 12.2 Å². The van der Waals surface area contributed by atoms with Crippen LogP contribution in [0.5, 0.6) is 11.5 Å². The Hall–Kier alpha value is -1.02. The second-order valence-corrected chi connectivity index (χ2v) is 5.16. The van der Waals surface area contributed by atoms with Crippen molar-refractivity contribution in [3.8, 4) is 11.5 Å². The summed E-state index contributed by atoms with van der Waals surface area (Å²) >= 11 is 3.15. The number of benzene rings is 1. The monoisotopic (exact) mass is 343 g/mol. The zero-order chi connectivity index (χ0) is 14.4. The van der Waals surface area contributed by atoms with Crippen molar-refractivity contribution in [2.24, 2.45) is 5.73 Å². The smallest absolute Gasteiger partial charge is 0.421 e. The van der Waals surface area contributed by atoms with E-state index in [0.717, 1.165) is 6.07 Å². The molecule has 2 N–H and O–H groups in total. The summed E-state index contributed by atoms with van der Waals surface area (Å²) in [5.41, 5.74) is 6.17. The molecule has 1 aromatic rings. The molecule has 0 bridgehead atoms. The van der Waals surface area contributed by atoms with E-state index < -0.39 is 23.7 Å². The molecule has 0 aromatic heterocycles. The Morgan fingerprint density at radius 1 is 1.16 bits per heavy atom. The largest absolute Gasteiger partial charge is 0.507 e. The van der Waals surface area contributed by atoms with E-state index in [2.05, 4.69) is 25.4 Å². The van der Waals surface area contributed by atoms with Crippen LogP contribution in [0.2, 0.25) is 0 Å². The maximum absolute atomic E-state index is 13.0. The van der Waals surface area contributed by atoms with Crippen LogP contribution >= 0.6 is 15.9 Å². The minimum absolute atomic E-state index is 0.221. The second-order valence-electron chi connectivity index (χ2n) is 4.31. The molecule has 1 unspecified atom stereocenters. The predicted octanol–water partition coefficient (Wildman–Crippen LogP) is 3.30. The van der Waals surface area contributed by atoms with Gasteiger partial charge in [-0.1, -0.05) is 15.9 Å². The minimum Gasteiger partial charge on any atom is -0.421 e. The molecule has 1 aliphatic heterocycles. The summed E-state index contributed by atoms with van der Waals surface area (Å²) in [7, 11) is 0. The lowest BCUT2D eigenvalue weighted by Gasteiger charge is -2.32. The van der Waals surface area contributed by atoms with Crippen LogP contribution in [-0.2, 0) is 6.42 Å². The third kappa shape index (κ3) is 2.64. The molecule has 1 atom stereocenters. The molecule has 3 nitrogen and oxygen atoms in total. The molecule has 0 radical (unpaired) electrons. The van der Waals surface area contributed by atoms with Gasteiger partial charge < -0.3 is 15.2 Å². The lowest BCUT2D eigenvalue weighted by atomic mass is 10.1. The molecule has 106 valence electrons. The van der Waals surface area contributed by atoms with Crippen LogP contribution in [0.3, 0.4) is 0 Å². The molecule has 0 amide bonds. The molecule has 0 aliphatic carbocycles. The minimum atomic E-state index is -4.71. The van der Waals surface area contributed by atoms with Crippen molar-refractivity contribution in [1.29, 1.82) is 0 Å². The fraction of sp³-hybridized carbons (Fsp3) is 0.455. The molecule has 19 heavy (non-hydrogen) atoms. The first-order valence-electron chi connectivity index (χ1n) is 5.34. The number of alkyl halides is 4. The number of ether oxygens (including phenoxy) is 2. The average Bonchev–Trinajstić information content (AvgIpc) is 2.21. The maximum Gasteiger partial charge on any atom is 0.507 e. The zero-order valence-corrected chi connectivity index (χ0v) is 11.3. The number of halogens is 5. The van der Waals surface area contributed by atoms with Gasteiger partial charge in [0.05, 0.1) is 0 Å². The zero-order valence-electron chi connectivity index (χ0n) is 9.72. The summed E-state index contributed by atoms with van der Waals surface area (Å²) in [5, 5.41) is 0. The van der Waals surface area contributed by atoms with Crippen molar-refractivity contribution in [3.63, 3.8) is 0 Å². The summed E-state index contributed by atoms with van der Waals surface area (Å²) < 4.78 is 60.5. The topological polar surface area (TPSA) is 44.5 Å². The van der Waals surface area contributed by atoms with Gasteiger partial charge in [-0.15, -0.1) is 0 Å². The normalized spacial score (nSPS) is 21.0. The van der Waals surface area contributed by atoms with E-state index >= 15 is 0 Å². The summed E-state index contributed by atoms with van der Waals surface area (Å²) in [6.45, 7) is 1.73. The van der Waals surface area contributed by atoms with Crippen molar-refractivity contribution >= 4 is 15.9 Å². The quantitative estimate of drug-likeness (QED) is 0.838. The van der Waals surface area contributed by atoms with Gasteiger partial charge in [-0.3, -0.25) is 0 Å². The van der Waals surface area contributed by atoms with Gasteiger partial charge in [0, 0.05) is 10.5 Å². The molecule has 0 saturated carbocycles. The standard InChI is InChI=1S/C11H10BrF4NO2/c1-5(17)2-6-3-8-9(4-7(6)12)19-11(15,16)10(13,14)18-8/h3-5H,2,17H2,1H3. The van der Waals surface area contributed by atoms with Crippen LogP contribution in [0.25, 0.3) is 0 Å². The second kappa shape index (κ2) is 4.52. The summed E-state index contributed by atoms with van der Waals surface area (Å²) in [6.07, 6.45) is -9.04. The van der Waals surface area contributed by atoms with E-state index in [1.165, 1.54) is 6.07 Å². The Kier molecular flexibility index (Phi) is 3.42. The Balaban J connectivity index is 2.42. The van der Waals surface area contributed by atoms with Gasteiger partial charge in [0.2, 0.25) is 0 Å². The van der Waals surface area contributed by atoms with Crippen molar-refractivity contribution in [2.75, 3.05) is 0 Å². The number of rotatable bonds is 2.